The first-order valence-electron chi connectivity index (χ1n) is 46.8. The molecule has 9 heterocycles. The molecule has 0 spiro atoms. The van der Waals surface area contributed by atoms with Crippen LogP contribution in [0.15, 0.2) is 163 Å². The van der Waals surface area contributed by atoms with E-state index in [-0.39, 0.29) is 128 Å². The largest absolute Gasteiger partial charge is 0.508 e. The molecular formula is C103H136Cl2F3N13O17. The Bertz CT molecular complexity index is 5160. The number of β-amino-alcohol motifs (C(OH)–C–C–N with tert-alkyl or cyclic N) is 2. The highest BCUT2D eigenvalue weighted by atomic mass is 35.5. The number of allylic oxidation sites excluding steroid dienone is 3. The summed E-state index contributed by atoms with van der Waals surface area (Å²) < 4.78 is 65.4. The minimum atomic E-state index is -4.83. The number of aliphatic imine (C=N–C) groups is 1. The number of nitrogens with one attached hydrogen (secondary N) is 1. The number of carbonyl (C=O) groups is 7. The van der Waals surface area contributed by atoms with E-state index in [1.807, 2.05) is 62.4 Å². The normalized spacial score (nSPS) is 22.6. The van der Waals surface area contributed by atoms with Gasteiger partial charge in [0, 0.05) is 157 Å². The number of pyridine rings is 2. The van der Waals surface area contributed by atoms with Crippen molar-refractivity contribution in [3.05, 3.63) is 207 Å². The number of fused-ring (bicyclic) bond motifs is 5. The summed E-state index contributed by atoms with van der Waals surface area (Å²) in [4.78, 5) is 100. The van der Waals surface area contributed by atoms with Crippen molar-refractivity contribution in [1.82, 2.24) is 34.5 Å². The average molecular weight is 1960 g/mol. The molecule has 30 nitrogen and oxygen atoms in total. The van der Waals surface area contributed by atoms with Crippen LogP contribution in [0.4, 0.5) is 36.1 Å². The number of aromatic hydroxyl groups is 1. The molecule has 35 heteroatoms. The van der Waals surface area contributed by atoms with Gasteiger partial charge in [0.2, 0.25) is 11.8 Å². The van der Waals surface area contributed by atoms with Gasteiger partial charge in [0.05, 0.1) is 69.8 Å². The van der Waals surface area contributed by atoms with E-state index in [4.69, 9.17) is 90.1 Å². The number of likely N-dealkylation sites (tertiary alicyclic amines) is 5. The molecule has 750 valence electrons. The molecule has 14 N–H and O–H groups in total. The van der Waals surface area contributed by atoms with E-state index < -0.39 is 12.1 Å². The summed E-state index contributed by atoms with van der Waals surface area (Å²) in [6.45, 7) is 16.2. The smallest absolute Gasteiger partial charge is 0.471 e. The molecule has 2 aromatic heterocycles. The van der Waals surface area contributed by atoms with E-state index in [2.05, 4.69) is 80.2 Å². The van der Waals surface area contributed by atoms with E-state index in [9.17, 15) is 56.9 Å². The predicted molar refractivity (Wildman–Crippen MR) is 528 cm³/mol. The zero-order valence-corrected chi connectivity index (χ0v) is 80.1. The van der Waals surface area contributed by atoms with E-state index in [0.29, 0.717) is 101 Å². The second-order valence-corrected chi connectivity index (χ2v) is 37.2. The summed E-state index contributed by atoms with van der Waals surface area (Å²) in [7, 11) is 5.22. The summed E-state index contributed by atoms with van der Waals surface area (Å²) in [6.07, 6.45) is 21.9. The molecule has 3 amide bonds. The Balaban J connectivity index is 0.000000187. The quantitative estimate of drug-likeness (QED) is 0.0161. The monoisotopic (exact) mass is 1950 g/mol. The summed E-state index contributed by atoms with van der Waals surface area (Å²) in [5.41, 5.74) is 30.7. The van der Waals surface area contributed by atoms with Crippen LogP contribution in [0.2, 0.25) is 10.0 Å². The second kappa shape index (κ2) is 54.6. The Labute approximate surface area is 816 Å². The van der Waals surface area contributed by atoms with Crippen molar-refractivity contribution in [2.24, 2.45) is 57.9 Å². The Morgan fingerprint density at radius 3 is 1.39 bits per heavy atom. The third-order valence-corrected chi connectivity index (χ3v) is 26.3. The molecule has 4 bridgehead atoms. The van der Waals surface area contributed by atoms with Gasteiger partial charge in [0.15, 0.2) is 0 Å². The van der Waals surface area contributed by atoms with Gasteiger partial charge in [-0.1, -0.05) is 116 Å². The van der Waals surface area contributed by atoms with Crippen LogP contribution in [0.5, 0.6) is 28.7 Å². The number of aromatic nitrogens is 2. The SMILES string of the molecule is C.CC(O)CN1CCC(Oc2cccc(C3=Nc4c(ncc(Cl)c4N[C@H]4[C@@H](C(N)=O)[C@@H]5C=C[C@H]4C5)C3)c2)CC1.CC(O)CN1CCC(Oc2cccc(C=O)c2)CC1.CC1CO1.CN1CCC(O)CC1.CN1CCC(Oc2cccc(C=O)c2)CC1.CO.NC(=O)[C@@H]1[C@H](Cc2c(Cl)cnc(N)c2N)[C@H]2C=C[C@@H]1C2.O=Cc1cccc(O)c1.O=Cc1cccc(OC2CCN(C(=O)C(F)(F)F)CC2)c1. The second-order valence-electron chi connectivity index (χ2n) is 36.3. The maximum atomic E-state index is 12.3. The van der Waals surface area contributed by atoms with Crippen molar-refractivity contribution in [1.29, 1.82) is 0 Å². The average Bonchev–Trinajstić information content (AvgIpc) is 1.61. The van der Waals surface area contributed by atoms with Crippen molar-refractivity contribution >= 4 is 94.7 Å². The molecule has 0 radical (unpaired) electrons. The fourth-order valence-electron chi connectivity index (χ4n) is 18.4. The van der Waals surface area contributed by atoms with Gasteiger partial charge >= 0.3 is 12.1 Å². The number of carbonyl (C=O) groups excluding carboxylic acids is 7. The van der Waals surface area contributed by atoms with Crippen molar-refractivity contribution in [3.63, 3.8) is 0 Å². The Hall–Kier alpha value is -11.0. The Kier molecular flexibility index (Phi) is 43.8. The highest BCUT2D eigenvalue weighted by molar-refractivity contribution is 6.34. The van der Waals surface area contributed by atoms with Gasteiger partial charge in [0.25, 0.3) is 0 Å². The Morgan fingerprint density at radius 1 is 0.565 bits per heavy atom. The molecule has 7 aromatic rings. The van der Waals surface area contributed by atoms with Crippen LogP contribution in [0.1, 0.15) is 164 Å². The molecule has 4 aliphatic carbocycles. The van der Waals surface area contributed by atoms with Gasteiger partial charge in [-0.05, 0) is 201 Å². The van der Waals surface area contributed by atoms with Crippen LogP contribution in [0, 0.1) is 41.4 Å². The number of nitrogens with zero attached hydrogens (tertiary/aromatic N) is 8. The van der Waals surface area contributed by atoms with Gasteiger partial charge in [-0.3, -0.25) is 38.5 Å². The molecular weight excluding hydrogens is 1820 g/mol. The first-order valence-corrected chi connectivity index (χ1v) is 47.6. The number of hydrogen-bond acceptors (Lipinski definition) is 27. The van der Waals surface area contributed by atoms with Crippen LogP contribution < -0.4 is 47.2 Å². The van der Waals surface area contributed by atoms with Crippen LogP contribution >= 0.6 is 23.2 Å². The number of nitrogen functional groups attached to an aromatic ring is 2. The van der Waals surface area contributed by atoms with Gasteiger partial charge in [-0.2, -0.15) is 13.2 Å². The summed E-state index contributed by atoms with van der Waals surface area (Å²) >= 11 is 12.8. The number of amides is 3. The third-order valence-electron chi connectivity index (χ3n) is 25.7. The number of aldehydes is 4. The van der Waals surface area contributed by atoms with E-state index in [1.165, 1.54) is 18.3 Å². The number of alkyl halides is 3. The molecule has 8 fully saturated rings. The minimum absolute atomic E-state index is 0. The number of anilines is 3. The van der Waals surface area contributed by atoms with Crippen LogP contribution in [-0.2, 0) is 32.0 Å². The molecule has 11 aliphatic rings. The highest BCUT2D eigenvalue weighted by Gasteiger charge is 2.50. The predicted octanol–water partition coefficient (Wildman–Crippen LogP) is 13.1. The fourth-order valence-corrected chi connectivity index (χ4v) is 18.8. The molecule has 11 atom stereocenters. The number of halogens is 5. The maximum Gasteiger partial charge on any atom is 0.471 e. The van der Waals surface area contributed by atoms with Gasteiger partial charge in [0.1, 0.15) is 89.8 Å². The van der Waals surface area contributed by atoms with Gasteiger partial charge < -0.3 is 102 Å². The molecule has 138 heavy (non-hydrogen) atoms. The standard InChI is InChI=1S/C29H34ClN5O3.C15H21NO3.C14H17ClN4O.C14H14F3NO3.C13H17NO2.C7H6O2.C6H13NO.C3H6O.CH4O.CH4/c1-16(36)15-35-9-7-20(8-10-35)38-21-4-2-3-17(12-21)23-13-24-28(33-23)27(22(30)14-32-24)34-26-19-6-5-18(11-19)25(26)29(31)37;1-12(18)10-16-7-5-14(6-8-16)19-15-4-2-3-13(9-15)11-17;15-10-5-19-13(17)12(16)9(10)4-8-6-1-2-7(3-6)11(8)14(18)20;15-14(16,17)13(20)18-6-4-11(5-7-18)21-12-3-1-2-10(8-12)9-19;1-14-7-5-12(6-8-14)16-13-4-2-3-11(9-13)10-15;8-5-6-2-1-3-7(9)4-6;1-7-4-2-6(8)3-5-7;1-3-2-4-3;1-2;/h2-6,12,14,16,18-20,25-26,36H,7-11,13,15H2,1H3,(H2,31,37)(H,32,34);2-4,9,11-12,14,18H,5-8,10H2,1H3;1-2,5-8,11H,3-4,16H2,(H2,17,19)(H2,18,20);1-3,8-9,11H,4-7H2;2-4,9-10,12H,5-8H2,1H3;1-5,9H;6,8H,2-5H2,1H3;3H,2H2,1H3;2H,1H3;1H4/t16?,18-,19+,25+,26-;;6-,7+,8+,11-;;;;;;;/m1.0......./s1. The lowest BCUT2D eigenvalue weighted by molar-refractivity contribution is -0.187. The van der Waals surface area contributed by atoms with Crippen LogP contribution in [0.3, 0.4) is 0 Å². The van der Waals surface area contributed by atoms with Gasteiger partial charge in [-0.15, -0.1) is 0 Å². The summed E-state index contributed by atoms with van der Waals surface area (Å²) in [6, 6.07) is 35.3. The third kappa shape index (κ3) is 34.0. The molecule has 5 aromatic carbocycles. The van der Waals surface area contributed by atoms with Crippen molar-refractivity contribution in [2.75, 3.05) is 123 Å². The number of benzene rings is 5. The van der Waals surface area contributed by atoms with Gasteiger partial charge in [-0.25, -0.2) is 9.98 Å². The lowest BCUT2D eigenvalue weighted by Gasteiger charge is -2.32. The topological polar surface area (TPSA) is 441 Å². The maximum absolute atomic E-state index is 12.3. The first-order chi connectivity index (χ1) is 65.7. The van der Waals surface area contributed by atoms with Crippen LogP contribution in [-0.4, -0.2) is 276 Å². The number of phenolic OH excluding ortho intramolecular Hbond substituents is 1. The van der Waals surface area contributed by atoms with Crippen molar-refractivity contribution in [3.8, 4) is 28.7 Å². The Morgan fingerprint density at radius 2 is 0.964 bits per heavy atom. The summed E-state index contributed by atoms with van der Waals surface area (Å²) in [5.74, 6) is 1.74. The zero-order valence-electron chi connectivity index (χ0n) is 78.6. The van der Waals surface area contributed by atoms with E-state index in [1.54, 1.807) is 66.9 Å². The molecule has 7 aliphatic heterocycles. The number of ether oxygens (including phenoxy) is 5. The number of rotatable bonds is 23. The van der Waals surface area contributed by atoms with Crippen LogP contribution in [0.25, 0.3) is 0 Å². The minimum Gasteiger partial charge on any atom is -0.508 e. The number of aliphatic hydroxyl groups excluding tert-OH is 4. The number of nitrogens with two attached hydrogens (primary N) is 4. The molecule has 6 saturated heterocycles. The summed E-state index contributed by atoms with van der Waals surface area (Å²) in [5, 5.41) is 48.3. The lowest BCUT2D eigenvalue weighted by atomic mass is 9.79. The highest BCUT2D eigenvalue weighted by Crippen LogP contribution is 2.51. The van der Waals surface area contributed by atoms with Crippen molar-refractivity contribution in [2.45, 2.75) is 179 Å². The first kappa shape index (κ1) is 111. The molecule has 3 unspecified atom stereocenters. The number of primary amides is 2. The number of epoxide rings is 1. The molecule has 2 saturated carbocycles. The fraction of sp³-hybridized carbons (Fsp3) is 0.495. The van der Waals surface area contributed by atoms with E-state index in [0.717, 1.165) is 205 Å². The number of phenols is 1. The number of aliphatic hydroxyl groups is 4. The lowest BCUT2D eigenvalue weighted by Crippen LogP contribution is -2.47. The number of piperidine rings is 5. The molecule has 18 rings (SSSR count). The van der Waals surface area contributed by atoms with Crippen molar-refractivity contribution < 1.29 is 95.9 Å². The van der Waals surface area contributed by atoms with E-state index >= 15 is 0 Å². The number of hydrogen-bond donors (Lipinski definition) is 10. The zero-order chi connectivity index (χ0) is 99.0.